The van der Waals surface area contributed by atoms with Gasteiger partial charge >= 0.3 is 0 Å². The third-order valence-corrected chi connectivity index (χ3v) is 1.93. The summed E-state index contributed by atoms with van der Waals surface area (Å²) in [4.78, 5) is 0. The average molecular weight is 169 g/mol. The van der Waals surface area contributed by atoms with Crippen molar-refractivity contribution in [2.45, 2.75) is 39.2 Å². The van der Waals surface area contributed by atoms with E-state index in [2.05, 4.69) is 36.3 Å². The monoisotopic (exact) mass is 169 g/mol. The van der Waals surface area contributed by atoms with Crippen LogP contribution in [0.1, 0.15) is 33.6 Å². The van der Waals surface area contributed by atoms with Gasteiger partial charge in [-0.2, -0.15) is 0 Å². The average Bonchev–Trinajstić information content (AvgIpc) is 2.35. The highest BCUT2D eigenvalue weighted by molar-refractivity contribution is 5.12. The zero-order valence-electron chi connectivity index (χ0n) is 7.78. The van der Waals surface area contributed by atoms with Crippen molar-refractivity contribution in [3.63, 3.8) is 0 Å². The van der Waals surface area contributed by atoms with Gasteiger partial charge in [0.05, 0.1) is 5.54 Å². The largest absolute Gasteiger partial charge is 0.367 e. The molecule has 0 radical (unpaired) electrons. The first kappa shape index (κ1) is 8.96. The highest BCUT2D eigenvalue weighted by Crippen LogP contribution is 2.21. The van der Waals surface area contributed by atoms with Gasteiger partial charge in [-0.1, -0.05) is 18.4 Å². The van der Waals surface area contributed by atoms with E-state index in [1.54, 1.807) is 4.68 Å². The summed E-state index contributed by atoms with van der Waals surface area (Å²) in [5.74, 6) is 0.383. The van der Waals surface area contributed by atoms with Gasteiger partial charge in [0.25, 0.3) is 0 Å². The number of rotatable bonds is 3. The smallest absolute Gasteiger partial charge is 0.240 e. The van der Waals surface area contributed by atoms with Crippen molar-refractivity contribution < 1.29 is 0 Å². The second-order valence-electron chi connectivity index (χ2n) is 3.51. The fraction of sp³-hybridized carbons (Fsp3) is 0.857. The lowest BCUT2D eigenvalue weighted by Crippen LogP contribution is -2.28. The molecule has 0 saturated heterocycles. The number of nitrogens with zero attached hydrogens (tertiary/aromatic N) is 4. The van der Waals surface area contributed by atoms with Gasteiger partial charge in [0.15, 0.2) is 0 Å². The first-order chi connectivity index (χ1) is 5.58. The van der Waals surface area contributed by atoms with Crippen LogP contribution in [-0.4, -0.2) is 20.2 Å². The summed E-state index contributed by atoms with van der Waals surface area (Å²) in [6, 6.07) is 0. The van der Waals surface area contributed by atoms with Crippen LogP contribution in [0.2, 0.25) is 0 Å². The Bertz CT molecular complexity index is 252. The first-order valence-electron chi connectivity index (χ1n) is 4.12. The van der Waals surface area contributed by atoms with Crippen molar-refractivity contribution >= 4 is 5.95 Å². The van der Waals surface area contributed by atoms with Gasteiger partial charge in [0.2, 0.25) is 5.95 Å². The van der Waals surface area contributed by atoms with Crippen molar-refractivity contribution in [2.75, 3.05) is 5.73 Å². The van der Waals surface area contributed by atoms with Crippen LogP contribution in [0, 0.1) is 0 Å². The molecule has 1 aromatic rings. The van der Waals surface area contributed by atoms with Gasteiger partial charge < -0.3 is 5.73 Å². The Balaban J connectivity index is 2.88. The predicted octanol–water partition coefficient (Wildman–Crippen LogP) is 0.790. The van der Waals surface area contributed by atoms with Crippen molar-refractivity contribution in [3.05, 3.63) is 0 Å². The molecule has 0 saturated carbocycles. The number of tetrazole rings is 1. The second kappa shape index (κ2) is 3.08. The van der Waals surface area contributed by atoms with E-state index in [1.807, 2.05) is 0 Å². The van der Waals surface area contributed by atoms with Gasteiger partial charge in [0.1, 0.15) is 0 Å². The SMILES string of the molecule is CCCC(C)(C)n1nnnc1N. The summed E-state index contributed by atoms with van der Waals surface area (Å²) in [5.41, 5.74) is 5.50. The quantitative estimate of drug-likeness (QED) is 0.726. The van der Waals surface area contributed by atoms with Crippen LogP contribution in [0.3, 0.4) is 0 Å². The minimum absolute atomic E-state index is 0.0810. The number of hydrogen-bond acceptors (Lipinski definition) is 4. The van der Waals surface area contributed by atoms with E-state index in [-0.39, 0.29) is 5.54 Å². The number of aromatic nitrogens is 4. The second-order valence-corrected chi connectivity index (χ2v) is 3.51. The van der Waals surface area contributed by atoms with Crippen molar-refractivity contribution in [1.82, 2.24) is 20.2 Å². The highest BCUT2D eigenvalue weighted by atomic mass is 15.6. The zero-order valence-corrected chi connectivity index (χ0v) is 7.78. The Morgan fingerprint density at radius 3 is 2.58 bits per heavy atom. The van der Waals surface area contributed by atoms with Gasteiger partial charge in [-0.15, -0.1) is 0 Å². The number of anilines is 1. The molecular formula is C7H15N5. The molecule has 2 N–H and O–H groups in total. The molecule has 12 heavy (non-hydrogen) atoms. The van der Waals surface area contributed by atoms with Crippen molar-refractivity contribution in [1.29, 1.82) is 0 Å². The van der Waals surface area contributed by atoms with Crippen molar-refractivity contribution in [2.24, 2.45) is 0 Å². The Morgan fingerprint density at radius 1 is 1.50 bits per heavy atom. The maximum absolute atomic E-state index is 5.58. The molecular weight excluding hydrogens is 154 g/mol. The summed E-state index contributed by atoms with van der Waals surface area (Å²) in [6.45, 7) is 6.27. The standard InChI is InChI=1S/C7H15N5/c1-4-5-7(2,3)12-6(8)9-10-11-12/h4-5H2,1-3H3,(H2,8,9,11). The molecule has 1 aromatic heterocycles. The molecule has 68 valence electrons. The summed E-state index contributed by atoms with van der Waals surface area (Å²) in [7, 11) is 0. The van der Waals surface area contributed by atoms with Gasteiger partial charge in [0, 0.05) is 0 Å². The molecule has 0 fully saturated rings. The van der Waals surface area contributed by atoms with E-state index in [1.165, 1.54) is 0 Å². The lowest BCUT2D eigenvalue weighted by molar-refractivity contribution is 0.291. The molecule has 0 atom stereocenters. The summed E-state index contributed by atoms with van der Waals surface area (Å²) in [5, 5.41) is 11.0. The van der Waals surface area contributed by atoms with Gasteiger partial charge in [-0.05, 0) is 30.7 Å². The topological polar surface area (TPSA) is 69.6 Å². The fourth-order valence-electron chi connectivity index (χ4n) is 1.34. The van der Waals surface area contributed by atoms with E-state index in [0.717, 1.165) is 12.8 Å². The van der Waals surface area contributed by atoms with Crippen molar-refractivity contribution in [3.8, 4) is 0 Å². The Kier molecular flexibility index (Phi) is 2.30. The van der Waals surface area contributed by atoms with E-state index in [9.17, 15) is 0 Å². The molecule has 0 amide bonds. The number of nitrogens with two attached hydrogens (primary N) is 1. The molecule has 0 spiro atoms. The number of hydrogen-bond donors (Lipinski definition) is 1. The van der Waals surface area contributed by atoms with Crippen LogP contribution < -0.4 is 5.73 Å². The fourth-order valence-corrected chi connectivity index (χ4v) is 1.34. The number of nitrogen functional groups attached to an aromatic ring is 1. The molecule has 0 aliphatic carbocycles. The van der Waals surface area contributed by atoms with Crippen LogP contribution in [0.4, 0.5) is 5.95 Å². The van der Waals surface area contributed by atoms with Crippen LogP contribution in [-0.2, 0) is 5.54 Å². The molecule has 0 bridgehead atoms. The molecule has 5 nitrogen and oxygen atoms in total. The minimum Gasteiger partial charge on any atom is -0.367 e. The molecule has 5 heteroatoms. The lowest BCUT2D eigenvalue weighted by atomic mass is 9.99. The summed E-state index contributed by atoms with van der Waals surface area (Å²) >= 11 is 0. The maximum atomic E-state index is 5.58. The van der Waals surface area contributed by atoms with E-state index in [4.69, 9.17) is 5.73 Å². The van der Waals surface area contributed by atoms with Gasteiger partial charge in [-0.3, -0.25) is 0 Å². The van der Waals surface area contributed by atoms with E-state index in [0.29, 0.717) is 5.95 Å². The normalized spacial score (nSPS) is 11.9. The Hall–Kier alpha value is -1.13. The molecule has 0 aromatic carbocycles. The third kappa shape index (κ3) is 1.54. The molecule has 1 rings (SSSR count). The Labute approximate surface area is 71.9 Å². The summed E-state index contributed by atoms with van der Waals surface area (Å²) in [6.07, 6.45) is 2.11. The first-order valence-corrected chi connectivity index (χ1v) is 4.12. The highest BCUT2D eigenvalue weighted by Gasteiger charge is 2.22. The lowest BCUT2D eigenvalue weighted by Gasteiger charge is -2.23. The van der Waals surface area contributed by atoms with E-state index >= 15 is 0 Å². The van der Waals surface area contributed by atoms with Crippen LogP contribution in [0.5, 0.6) is 0 Å². The van der Waals surface area contributed by atoms with Crippen LogP contribution in [0.25, 0.3) is 0 Å². The molecule has 1 heterocycles. The predicted molar refractivity (Wildman–Crippen MR) is 46.5 cm³/mol. The van der Waals surface area contributed by atoms with Crippen LogP contribution in [0.15, 0.2) is 0 Å². The third-order valence-electron chi connectivity index (χ3n) is 1.93. The molecule has 0 aliphatic rings. The molecule has 0 unspecified atom stereocenters. The van der Waals surface area contributed by atoms with Crippen LogP contribution >= 0.6 is 0 Å². The maximum Gasteiger partial charge on any atom is 0.240 e. The minimum atomic E-state index is -0.0810. The zero-order chi connectivity index (χ0) is 9.19. The Morgan fingerprint density at radius 2 is 2.17 bits per heavy atom. The van der Waals surface area contributed by atoms with Gasteiger partial charge in [-0.25, -0.2) is 4.68 Å². The molecule has 0 aliphatic heterocycles. The van der Waals surface area contributed by atoms with E-state index < -0.39 is 0 Å². The summed E-state index contributed by atoms with van der Waals surface area (Å²) < 4.78 is 1.66.